The van der Waals surface area contributed by atoms with E-state index in [1.54, 1.807) is 7.05 Å². The first kappa shape index (κ1) is 21.6. The third kappa shape index (κ3) is 5.08. The summed E-state index contributed by atoms with van der Waals surface area (Å²) in [7, 11) is -0.660. The Kier molecular flexibility index (Phi) is 8.33. The van der Waals surface area contributed by atoms with E-state index in [4.69, 9.17) is 10.5 Å². The second-order valence-corrected chi connectivity index (χ2v) is 8.88. The van der Waals surface area contributed by atoms with E-state index in [1.807, 2.05) is 13.8 Å². The van der Waals surface area contributed by atoms with Gasteiger partial charge in [0.25, 0.3) is 0 Å². The number of ether oxygens (including phenoxy) is 1. The summed E-state index contributed by atoms with van der Waals surface area (Å²) >= 11 is 0. The van der Waals surface area contributed by atoms with Gasteiger partial charge in [0.05, 0.1) is 18.3 Å². The Morgan fingerprint density at radius 1 is 1.32 bits per heavy atom. The fourth-order valence-corrected chi connectivity index (χ4v) is 4.98. The Morgan fingerprint density at radius 3 is 2.36 bits per heavy atom. The Morgan fingerprint density at radius 2 is 1.86 bits per heavy atom. The lowest BCUT2D eigenvalue weighted by Gasteiger charge is -2.35. The molecule has 0 aromatic heterocycles. The molecule has 1 rings (SSSR count). The van der Waals surface area contributed by atoms with Gasteiger partial charge in [-0.25, -0.2) is 12.7 Å². The van der Waals surface area contributed by atoms with Gasteiger partial charge < -0.3 is 10.5 Å². The van der Waals surface area contributed by atoms with Crippen molar-refractivity contribution in [2.45, 2.75) is 44.8 Å². The largest absolute Gasteiger partial charge is 0.469 e. The Balaban J connectivity index is 0.00000441. The van der Waals surface area contributed by atoms with E-state index in [9.17, 15) is 13.2 Å². The smallest absolute Gasteiger partial charge is 0.310 e. The molecular weight excluding hydrogens is 328 g/mol. The fourth-order valence-electron chi connectivity index (χ4n) is 2.86. The Bertz CT molecular complexity index is 467. The van der Waals surface area contributed by atoms with Crippen molar-refractivity contribution in [1.29, 1.82) is 0 Å². The number of halogens is 1. The zero-order chi connectivity index (χ0) is 16.3. The van der Waals surface area contributed by atoms with Crippen molar-refractivity contribution in [3.63, 3.8) is 0 Å². The zero-order valence-electron chi connectivity index (χ0n) is 13.9. The molecule has 0 saturated heterocycles. The molecule has 1 aliphatic rings. The molecule has 0 amide bonds. The molecule has 0 aromatic rings. The summed E-state index contributed by atoms with van der Waals surface area (Å²) in [6, 6.07) is 0. The Labute approximate surface area is 140 Å². The van der Waals surface area contributed by atoms with Gasteiger partial charge in [-0.2, -0.15) is 0 Å². The van der Waals surface area contributed by atoms with Gasteiger partial charge in [0.15, 0.2) is 0 Å². The van der Waals surface area contributed by atoms with Gasteiger partial charge in [-0.05, 0) is 24.8 Å². The molecule has 22 heavy (non-hydrogen) atoms. The van der Waals surface area contributed by atoms with Crippen LogP contribution in [0.5, 0.6) is 0 Å². The Hall–Kier alpha value is -0.370. The molecule has 0 radical (unpaired) electrons. The highest BCUT2D eigenvalue weighted by atomic mass is 35.5. The third-order valence-corrected chi connectivity index (χ3v) is 6.55. The molecule has 6 nitrogen and oxygen atoms in total. The minimum Gasteiger partial charge on any atom is -0.469 e. The molecule has 0 aliphatic heterocycles. The van der Waals surface area contributed by atoms with Crippen LogP contribution in [0, 0.1) is 11.3 Å². The first-order valence-corrected chi connectivity index (χ1v) is 8.89. The molecule has 1 aliphatic carbocycles. The molecule has 8 heteroatoms. The number of esters is 1. The van der Waals surface area contributed by atoms with Gasteiger partial charge in [0.2, 0.25) is 10.0 Å². The molecule has 2 unspecified atom stereocenters. The summed E-state index contributed by atoms with van der Waals surface area (Å²) < 4.78 is 31.7. The molecule has 0 heterocycles. The van der Waals surface area contributed by atoms with Crippen molar-refractivity contribution in [3.05, 3.63) is 0 Å². The number of nitrogens with zero attached hydrogens (tertiary/aromatic N) is 1. The number of nitrogens with two attached hydrogens (primary N) is 1. The lowest BCUT2D eigenvalue weighted by molar-refractivity contribution is -0.146. The summed E-state index contributed by atoms with van der Waals surface area (Å²) in [6.45, 7) is 4.60. The molecule has 132 valence electrons. The van der Waals surface area contributed by atoms with E-state index in [2.05, 4.69) is 0 Å². The van der Waals surface area contributed by atoms with Gasteiger partial charge in [-0.15, -0.1) is 12.4 Å². The van der Waals surface area contributed by atoms with Crippen LogP contribution in [-0.2, 0) is 19.6 Å². The van der Waals surface area contributed by atoms with E-state index >= 15 is 0 Å². The zero-order valence-corrected chi connectivity index (χ0v) is 15.5. The van der Waals surface area contributed by atoms with Gasteiger partial charge >= 0.3 is 5.97 Å². The van der Waals surface area contributed by atoms with Crippen LogP contribution in [0.4, 0.5) is 0 Å². The monoisotopic (exact) mass is 356 g/mol. The van der Waals surface area contributed by atoms with Crippen LogP contribution in [0.15, 0.2) is 0 Å². The maximum atomic E-state index is 12.8. The average molecular weight is 357 g/mol. The number of methoxy groups -OCH3 is 1. The van der Waals surface area contributed by atoms with Gasteiger partial charge in [0, 0.05) is 13.6 Å². The first-order chi connectivity index (χ1) is 9.65. The van der Waals surface area contributed by atoms with E-state index in [-0.39, 0.29) is 17.8 Å². The number of carbonyl (C=O) groups excluding carboxylic acids is 1. The van der Waals surface area contributed by atoms with Crippen LogP contribution in [0.1, 0.15) is 39.5 Å². The number of rotatable bonds is 6. The van der Waals surface area contributed by atoms with Crippen molar-refractivity contribution in [2.75, 3.05) is 27.2 Å². The standard InChI is InChI=1S/C14H28N2O4S.ClH/c1-14(2,9-15)10-16(3)21(18,19)12-8-6-5-7-11(12)13(17)20-4;/h11-12H,5-10,15H2,1-4H3;1H. The fraction of sp³-hybridized carbons (Fsp3) is 0.929. The molecule has 0 spiro atoms. The van der Waals surface area contributed by atoms with Crippen molar-refractivity contribution >= 4 is 28.4 Å². The quantitative estimate of drug-likeness (QED) is 0.726. The second kappa shape index (κ2) is 8.47. The lowest BCUT2D eigenvalue weighted by Crippen LogP contribution is -2.48. The molecule has 2 N–H and O–H groups in total. The SMILES string of the molecule is COC(=O)C1CCCCC1S(=O)(=O)N(C)CC(C)(C)CN.Cl. The predicted molar refractivity (Wildman–Crippen MR) is 89.4 cm³/mol. The van der Waals surface area contributed by atoms with Crippen LogP contribution in [0.3, 0.4) is 0 Å². The normalized spacial score (nSPS) is 23.0. The van der Waals surface area contributed by atoms with Crippen LogP contribution in [0.2, 0.25) is 0 Å². The second-order valence-electron chi connectivity index (χ2n) is 6.62. The maximum absolute atomic E-state index is 12.8. The van der Waals surface area contributed by atoms with E-state index in [0.717, 1.165) is 12.8 Å². The topological polar surface area (TPSA) is 89.7 Å². The summed E-state index contributed by atoms with van der Waals surface area (Å²) in [5.41, 5.74) is 5.38. The predicted octanol–water partition coefficient (Wildman–Crippen LogP) is 1.39. The summed E-state index contributed by atoms with van der Waals surface area (Å²) in [4.78, 5) is 11.9. The van der Waals surface area contributed by atoms with Crippen molar-refractivity contribution in [2.24, 2.45) is 17.1 Å². The highest BCUT2D eigenvalue weighted by molar-refractivity contribution is 7.89. The lowest BCUT2D eigenvalue weighted by atomic mass is 9.89. The number of hydrogen-bond donors (Lipinski definition) is 1. The number of hydrogen-bond acceptors (Lipinski definition) is 5. The minimum absolute atomic E-state index is 0. The van der Waals surface area contributed by atoms with E-state index in [1.165, 1.54) is 11.4 Å². The number of carbonyl (C=O) groups is 1. The van der Waals surface area contributed by atoms with Crippen molar-refractivity contribution in [3.8, 4) is 0 Å². The van der Waals surface area contributed by atoms with Crippen molar-refractivity contribution in [1.82, 2.24) is 4.31 Å². The van der Waals surface area contributed by atoms with E-state index in [0.29, 0.717) is 25.9 Å². The van der Waals surface area contributed by atoms with Gasteiger partial charge in [0.1, 0.15) is 0 Å². The summed E-state index contributed by atoms with van der Waals surface area (Å²) in [6.07, 6.45) is 2.77. The first-order valence-electron chi connectivity index (χ1n) is 7.39. The highest BCUT2D eigenvalue weighted by Crippen LogP contribution is 2.32. The maximum Gasteiger partial charge on any atom is 0.310 e. The molecule has 0 aromatic carbocycles. The van der Waals surface area contributed by atoms with Crippen LogP contribution < -0.4 is 5.73 Å². The molecule has 2 atom stereocenters. The molecule has 1 saturated carbocycles. The summed E-state index contributed by atoms with van der Waals surface area (Å²) in [5, 5.41) is -0.683. The van der Waals surface area contributed by atoms with E-state index < -0.39 is 27.2 Å². The average Bonchev–Trinajstić information content (AvgIpc) is 2.45. The van der Waals surface area contributed by atoms with Gasteiger partial charge in [-0.3, -0.25) is 4.79 Å². The van der Waals surface area contributed by atoms with Crippen molar-refractivity contribution < 1.29 is 17.9 Å². The molecule has 1 fully saturated rings. The van der Waals surface area contributed by atoms with Gasteiger partial charge in [-0.1, -0.05) is 26.7 Å². The molecular formula is C14H29ClN2O4S. The molecule has 0 bridgehead atoms. The third-order valence-electron chi connectivity index (χ3n) is 4.23. The number of sulfonamides is 1. The van der Waals surface area contributed by atoms with Crippen LogP contribution >= 0.6 is 12.4 Å². The van der Waals surface area contributed by atoms with Crippen LogP contribution in [-0.4, -0.2) is 51.2 Å². The van der Waals surface area contributed by atoms with Crippen LogP contribution in [0.25, 0.3) is 0 Å². The highest BCUT2D eigenvalue weighted by Gasteiger charge is 2.42. The minimum atomic E-state index is -3.53. The summed E-state index contributed by atoms with van der Waals surface area (Å²) in [5.74, 6) is -0.980.